The molecule has 3 aromatic heterocycles. The number of nitrogens with zero attached hydrogens (tertiary/aromatic N) is 5. The van der Waals surface area contributed by atoms with Crippen LogP contribution in [-0.2, 0) is 20.9 Å². The summed E-state index contributed by atoms with van der Waals surface area (Å²) < 4.78 is 7.04. The molecule has 0 radical (unpaired) electrons. The second kappa shape index (κ2) is 10.5. The molecule has 0 aliphatic rings. The Morgan fingerprint density at radius 3 is 2.66 bits per heavy atom. The van der Waals surface area contributed by atoms with Crippen molar-refractivity contribution in [1.29, 1.82) is 0 Å². The van der Waals surface area contributed by atoms with E-state index in [1.807, 2.05) is 74.8 Å². The van der Waals surface area contributed by atoms with E-state index in [1.54, 1.807) is 6.20 Å². The molecule has 9 heteroatoms. The van der Waals surface area contributed by atoms with E-state index in [0.29, 0.717) is 6.54 Å². The lowest BCUT2D eigenvalue weighted by atomic mass is 9.97. The van der Waals surface area contributed by atoms with Crippen LogP contribution in [0, 0.1) is 12.3 Å². The van der Waals surface area contributed by atoms with Crippen molar-refractivity contribution >= 4 is 33.7 Å². The Labute approximate surface area is 220 Å². The van der Waals surface area contributed by atoms with Gasteiger partial charge in [-0.3, -0.25) is 20.1 Å². The number of pyridine rings is 2. The normalized spacial score (nSPS) is 11.7. The first-order chi connectivity index (χ1) is 18.3. The Balaban J connectivity index is 1.27. The Hall–Kier alpha value is -4.37. The third kappa shape index (κ3) is 5.63. The molecule has 5 aromatic rings. The zero-order valence-electron chi connectivity index (χ0n) is 21.9. The minimum absolute atomic E-state index is 0.183. The van der Waals surface area contributed by atoms with Crippen molar-refractivity contribution in [2.24, 2.45) is 5.41 Å². The highest BCUT2D eigenvalue weighted by Crippen LogP contribution is 2.25. The Morgan fingerprint density at radius 1 is 1.00 bits per heavy atom. The summed E-state index contributed by atoms with van der Waals surface area (Å²) in [4.78, 5) is 26.6. The first-order valence-corrected chi connectivity index (χ1v) is 12.5. The summed E-state index contributed by atoms with van der Waals surface area (Å²) in [6, 6.07) is 20.0. The van der Waals surface area contributed by atoms with Gasteiger partial charge in [0.05, 0.1) is 28.9 Å². The van der Waals surface area contributed by atoms with Gasteiger partial charge in [-0.15, -0.1) is 5.10 Å². The van der Waals surface area contributed by atoms with Crippen molar-refractivity contribution in [2.75, 3.05) is 18.7 Å². The van der Waals surface area contributed by atoms with Gasteiger partial charge in [0.25, 0.3) is 0 Å². The zero-order valence-corrected chi connectivity index (χ0v) is 21.9. The molecule has 2 aromatic carbocycles. The maximum absolute atomic E-state index is 11.8. The molecule has 0 saturated carbocycles. The summed E-state index contributed by atoms with van der Waals surface area (Å²) in [5, 5.41) is 9.72. The maximum atomic E-state index is 11.8. The van der Waals surface area contributed by atoms with Crippen LogP contribution in [0.1, 0.15) is 31.9 Å². The van der Waals surface area contributed by atoms with E-state index in [9.17, 15) is 4.79 Å². The van der Waals surface area contributed by atoms with E-state index in [2.05, 4.69) is 39.0 Å². The molecule has 1 N–H and O–H groups in total. The number of ether oxygens (including phenoxy) is 1. The lowest BCUT2D eigenvalue weighted by molar-refractivity contribution is -0.154. The molecule has 0 saturated heterocycles. The third-order valence-corrected chi connectivity index (χ3v) is 6.09. The van der Waals surface area contributed by atoms with Gasteiger partial charge in [0.15, 0.2) is 5.65 Å². The molecule has 38 heavy (non-hydrogen) atoms. The monoisotopic (exact) mass is 510 g/mol. The van der Waals surface area contributed by atoms with E-state index < -0.39 is 5.41 Å². The number of anilines is 1. The van der Waals surface area contributed by atoms with Crippen LogP contribution >= 0.6 is 0 Å². The highest BCUT2D eigenvalue weighted by molar-refractivity contribution is 5.79. The fraction of sp³-hybridized carbons (Fsp3) is 0.276. The van der Waals surface area contributed by atoms with Crippen LogP contribution in [-0.4, -0.2) is 44.1 Å². The molecule has 0 amide bonds. The van der Waals surface area contributed by atoms with Crippen molar-refractivity contribution < 1.29 is 14.4 Å². The quantitative estimate of drug-likeness (QED) is 0.170. The summed E-state index contributed by atoms with van der Waals surface area (Å²) in [6.45, 7) is 8.43. The number of hydrogen-bond acceptors (Lipinski definition) is 8. The van der Waals surface area contributed by atoms with Crippen molar-refractivity contribution in [1.82, 2.24) is 25.0 Å². The number of carbonyl (C=O) groups is 1. The Morgan fingerprint density at radius 2 is 1.84 bits per heavy atom. The largest absolute Gasteiger partial charge is 0.463 e. The predicted molar refractivity (Wildman–Crippen MR) is 146 cm³/mol. The minimum Gasteiger partial charge on any atom is -0.463 e. The fourth-order valence-corrected chi connectivity index (χ4v) is 3.98. The van der Waals surface area contributed by atoms with Crippen molar-refractivity contribution in [3.63, 3.8) is 0 Å². The maximum Gasteiger partial charge on any atom is 0.311 e. The van der Waals surface area contributed by atoms with Gasteiger partial charge in [0.2, 0.25) is 0 Å². The summed E-state index contributed by atoms with van der Waals surface area (Å²) in [6.07, 6.45) is 1.79. The Kier molecular flexibility index (Phi) is 7.02. The number of benzene rings is 2. The molecule has 0 aliphatic heterocycles. The molecule has 0 atom stereocenters. The van der Waals surface area contributed by atoms with Crippen LogP contribution in [0.4, 0.5) is 5.69 Å². The minimum atomic E-state index is -0.529. The topological polar surface area (TPSA) is 104 Å². The Bertz CT molecular complexity index is 1610. The number of nitrogens with one attached hydrogen (secondary N) is 1. The van der Waals surface area contributed by atoms with Gasteiger partial charge in [-0.2, -0.15) is 0 Å². The van der Waals surface area contributed by atoms with Gasteiger partial charge in [-0.05, 0) is 81.3 Å². The number of hydrogen-bond donors (Lipinski definition) is 1. The van der Waals surface area contributed by atoms with Crippen molar-refractivity contribution in [3.8, 4) is 11.3 Å². The first-order valence-electron chi connectivity index (χ1n) is 12.5. The van der Waals surface area contributed by atoms with Crippen LogP contribution in [0.5, 0.6) is 0 Å². The van der Waals surface area contributed by atoms with Crippen LogP contribution in [0.2, 0.25) is 0 Å². The van der Waals surface area contributed by atoms with E-state index in [-0.39, 0.29) is 19.2 Å². The average molecular weight is 511 g/mol. The number of aryl methyl sites for hydroxylation is 1. The first kappa shape index (κ1) is 25.3. The van der Waals surface area contributed by atoms with Crippen molar-refractivity contribution in [3.05, 3.63) is 78.0 Å². The second-order valence-corrected chi connectivity index (χ2v) is 10.2. The highest BCUT2D eigenvalue weighted by Gasteiger charge is 2.22. The van der Waals surface area contributed by atoms with Gasteiger partial charge < -0.3 is 4.74 Å². The molecule has 0 spiro atoms. The van der Waals surface area contributed by atoms with Crippen molar-refractivity contribution in [2.45, 2.75) is 34.2 Å². The van der Waals surface area contributed by atoms with Crippen LogP contribution in [0.15, 0.2) is 66.9 Å². The zero-order chi connectivity index (χ0) is 26.7. The van der Waals surface area contributed by atoms with Gasteiger partial charge in [-0.25, -0.2) is 9.67 Å². The third-order valence-electron chi connectivity index (χ3n) is 6.09. The molecule has 0 bridgehead atoms. The van der Waals surface area contributed by atoms with E-state index in [0.717, 1.165) is 50.1 Å². The van der Waals surface area contributed by atoms with Gasteiger partial charge in [0.1, 0.15) is 18.7 Å². The molecular weight excluding hydrogens is 480 g/mol. The summed E-state index contributed by atoms with van der Waals surface area (Å²) in [5.74, 6) is -0.253. The molecular formula is C29H30N6O3. The van der Waals surface area contributed by atoms with E-state index in [4.69, 9.17) is 14.6 Å². The van der Waals surface area contributed by atoms with Crippen LogP contribution in [0.25, 0.3) is 33.3 Å². The number of aromatic nitrogens is 5. The van der Waals surface area contributed by atoms with Crippen LogP contribution < -0.4 is 5.48 Å². The average Bonchev–Trinajstić information content (AvgIpc) is 3.30. The standard InChI is InChI=1S/C29H30N6O3/c1-19-16-22(8-10-23(19)33-38-15-14-37-28(36)29(2,3)4)25-11-12-26-27(31-25)35(34-32-26)18-20-7-9-24-21(17-20)6-5-13-30-24/h5-13,16-17,33H,14-15,18H2,1-4H3. The molecule has 3 heterocycles. The molecule has 9 nitrogen and oxygen atoms in total. The summed E-state index contributed by atoms with van der Waals surface area (Å²) in [7, 11) is 0. The number of esters is 1. The predicted octanol–water partition coefficient (Wildman–Crippen LogP) is 5.33. The van der Waals surface area contributed by atoms with Gasteiger partial charge >= 0.3 is 5.97 Å². The highest BCUT2D eigenvalue weighted by atomic mass is 16.7. The van der Waals surface area contributed by atoms with Crippen LogP contribution in [0.3, 0.4) is 0 Å². The molecule has 0 aliphatic carbocycles. The number of fused-ring (bicyclic) bond motifs is 2. The van der Waals surface area contributed by atoms with E-state index in [1.165, 1.54) is 0 Å². The summed E-state index contributed by atoms with van der Waals surface area (Å²) in [5.41, 5.74) is 9.56. The number of rotatable bonds is 8. The molecule has 5 rings (SSSR count). The smallest absolute Gasteiger partial charge is 0.311 e. The lowest BCUT2D eigenvalue weighted by Crippen LogP contribution is -2.24. The van der Waals surface area contributed by atoms with Gasteiger partial charge in [0, 0.05) is 17.1 Å². The lowest BCUT2D eigenvalue weighted by Gasteiger charge is -2.16. The second-order valence-electron chi connectivity index (χ2n) is 10.2. The van der Waals surface area contributed by atoms with E-state index >= 15 is 0 Å². The molecule has 0 unspecified atom stereocenters. The molecule has 0 fully saturated rings. The SMILES string of the molecule is Cc1cc(-c2ccc3nnn(Cc4ccc5ncccc5c4)c3n2)ccc1NOCCOC(=O)C(C)(C)C. The molecule has 194 valence electrons. The summed E-state index contributed by atoms with van der Waals surface area (Å²) >= 11 is 0. The fourth-order valence-electron chi connectivity index (χ4n) is 3.98. The number of carbonyl (C=O) groups excluding carboxylic acids is 1. The van der Waals surface area contributed by atoms with Gasteiger partial charge in [-0.1, -0.05) is 23.4 Å².